The number of anilines is 5. The molecule has 0 aliphatic carbocycles. The summed E-state index contributed by atoms with van der Waals surface area (Å²) in [7, 11) is 1.94. The summed E-state index contributed by atoms with van der Waals surface area (Å²) in [6.45, 7) is 2.01. The van der Waals surface area contributed by atoms with E-state index in [0.717, 1.165) is 22.8 Å². The van der Waals surface area contributed by atoms with E-state index < -0.39 is 0 Å². The van der Waals surface area contributed by atoms with E-state index in [1.54, 1.807) is 6.20 Å². The molecule has 122 valence electrons. The predicted molar refractivity (Wildman–Crippen MR) is 100 cm³/mol. The van der Waals surface area contributed by atoms with Crippen LogP contribution >= 0.6 is 11.6 Å². The maximum atomic E-state index is 6.15. The number of para-hydroxylation sites is 2. The van der Waals surface area contributed by atoms with E-state index in [-0.39, 0.29) is 0 Å². The quantitative estimate of drug-likeness (QED) is 0.683. The summed E-state index contributed by atoms with van der Waals surface area (Å²) in [4.78, 5) is 10.8. The third-order valence-electron chi connectivity index (χ3n) is 3.61. The molecule has 24 heavy (non-hydrogen) atoms. The van der Waals surface area contributed by atoms with Crippen molar-refractivity contribution < 1.29 is 0 Å². The molecular weight excluding hydrogens is 322 g/mol. The number of benzene rings is 2. The van der Waals surface area contributed by atoms with Gasteiger partial charge in [-0.1, -0.05) is 23.7 Å². The molecule has 0 aliphatic heterocycles. The Morgan fingerprint density at radius 2 is 1.92 bits per heavy atom. The van der Waals surface area contributed by atoms with Gasteiger partial charge in [-0.3, -0.25) is 0 Å². The second kappa shape index (κ2) is 6.76. The van der Waals surface area contributed by atoms with Crippen LogP contribution in [0.3, 0.4) is 0 Å². The third-order valence-corrected chi connectivity index (χ3v) is 3.82. The SMILES string of the molecule is Cc1cc(Cl)cc(N(C)c2ccnc(Nc3ccccc3N)n2)c1. The van der Waals surface area contributed by atoms with Gasteiger partial charge in [0.25, 0.3) is 0 Å². The van der Waals surface area contributed by atoms with Crippen molar-refractivity contribution in [2.45, 2.75) is 6.92 Å². The molecule has 2 aromatic carbocycles. The number of nitrogens with two attached hydrogens (primary N) is 1. The lowest BCUT2D eigenvalue weighted by Gasteiger charge is -2.19. The highest BCUT2D eigenvalue weighted by Gasteiger charge is 2.09. The summed E-state index contributed by atoms with van der Waals surface area (Å²) in [5.74, 6) is 1.24. The van der Waals surface area contributed by atoms with Gasteiger partial charge in [-0.25, -0.2) is 4.98 Å². The lowest BCUT2D eigenvalue weighted by atomic mass is 10.2. The Bertz CT molecular complexity index is 845. The zero-order valence-corrected chi connectivity index (χ0v) is 14.2. The van der Waals surface area contributed by atoms with Gasteiger partial charge in [0.15, 0.2) is 0 Å². The number of hydrogen-bond donors (Lipinski definition) is 2. The van der Waals surface area contributed by atoms with Crippen LogP contribution in [0.1, 0.15) is 5.56 Å². The molecule has 0 atom stereocenters. The van der Waals surface area contributed by atoms with Crippen LogP contribution in [0.5, 0.6) is 0 Å². The number of aromatic nitrogens is 2. The highest BCUT2D eigenvalue weighted by Crippen LogP contribution is 2.27. The fourth-order valence-electron chi connectivity index (χ4n) is 2.37. The lowest BCUT2D eigenvalue weighted by molar-refractivity contribution is 1.08. The van der Waals surface area contributed by atoms with E-state index >= 15 is 0 Å². The molecule has 6 heteroatoms. The summed E-state index contributed by atoms with van der Waals surface area (Å²) in [5, 5.41) is 3.84. The van der Waals surface area contributed by atoms with E-state index in [9.17, 15) is 0 Å². The topological polar surface area (TPSA) is 67.1 Å². The van der Waals surface area contributed by atoms with Crippen molar-refractivity contribution in [3.05, 3.63) is 65.3 Å². The number of aryl methyl sites for hydroxylation is 1. The van der Waals surface area contributed by atoms with Gasteiger partial charge in [0.1, 0.15) is 5.82 Å². The minimum atomic E-state index is 0.482. The highest BCUT2D eigenvalue weighted by atomic mass is 35.5. The first-order chi connectivity index (χ1) is 11.5. The first kappa shape index (κ1) is 16.1. The maximum absolute atomic E-state index is 6.15. The molecule has 3 aromatic rings. The van der Waals surface area contributed by atoms with E-state index in [2.05, 4.69) is 21.4 Å². The molecule has 0 fully saturated rings. The predicted octanol–water partition coefficient (Wildman–Crippen LogP) is 4.53. The van der Waals surface area contributed by atoms with E-state index in [1.165, 1.54) is 0 Å². The standard InChI is InChI=1S/C18H18ClN5/c1-12-9-13(19)11-14(10-12)24(2)17-7-8-21-18(23-17)22-16-6-4-3-5-15(16)20/h3-11H,20H2,1-2H3,(H,21,22,23). The van der Waals surface area contributed by atoms with Crippen LogP contribution in [0.2, 0.25) is 5.02 Å². The van der Waals surface area contributed by atoms with Crippen molar-refractivity contribution in [1.29, 1.82) is 0 Å². The number of hydrogen-bond acceptors (Lipinski definition) is 5. The van der Waals surface area contributed by atoms with Gasteiger partial charge in [0, 0.05) is 24.0 Å². The van der Waals surface area contributed by atoms with Crippen molar-refractivity contribution in [3.8, 4) is 0 Å². The molecule has 3 rings (SSSR count). The van der Waals surface area contributed by atoms with E-state index in [1.807, 2.05) is 61.3 Å². The molecule has 0 amide bonds. The number of nitrogens with zero attached hydrogens (tertiary/aromatic N) is 3. The molecule has 0 radical (unpaired) electrons. The minimum Gasteiger partial charge on any atom is -0.397 e. The maximum Gasteiger partial charge on any atom is 0.229 e. The molecule has 0 unspecified atom stereocenters. The number of nitrogen functional groups attached to an aromatic ring is 1. The van der Waals surface area contributed by atoms with Gasteiger partial charge in [-0.2, -0.15) is 4.98 Å². The summed E-state index contributed by atoms with van der Waals surface area (Å²) in [6, 6.07) is 15.2. The van der Waals surface area contributed by atoms with Crippen LogP contribution in [0, 0.1) is 6.92 Å². The van der Waals surface area contributed by atoms with Crippen LogP contribution in [0.25, 0.3) is 0 Å². The Hall–Kier alpha value is -2.79. The molecule has 1 heterocycles. The lowest BCUT2D eigenvalue weighted by Crippen LogP contribution is -2.12. The van der Waals surface area contributed by atoms with Gasteiger partial charge >= 0.3 is 0 Å². The molecule has 1 aromatic heterocycles. The Kier molecular flexibility index (Phi) is 4.53. The van der Waals surface area contributed by atoms with Crippen molar-refractivity contribution in [1.82, 2.24) is 9.97 Å². The Balaban J connectivity index is 1.88. The van der Waals surface area contributed by atoms with Crippen LogP contribution in [-0.4, -0.2) is 17.0 Å². The zero-order chi connectivity index (χ0) is 17.1. The molecule has 0 saturated heterocycles. The van der Waals surface area contributed by atoms with Crippen LogP contribution in [0.15, 0.2) is 54.7 Å². The Labute approximate surface area is 146 Å². The van der Waals surface area contributed by atoms with E-state index in [0.29, 0.717) is 16.7 Å². The third kappa shape index (κ3) is 3.58. The highest BCUT2D eigenvalue weighted by molar-refractivity contribution is 6.31. The average molecular weight is 340 g/mol. The number of nitrogens with one attached hydrogen (secondary N) is 1. The van der Waals surface area contributed by atoms with E-state index in [4.69, 9.17) is 17.3 Å². The van der Waals surface area contributed by atoms with Crippen LogP contribution in [0.4, 0.5) is 28.8 Å². The fourth-order valence-corrected chi connectivity index (χ4v) is 2.65. The second-order valence-electron chi connectivity index (χ2n) is 5.50. The summed E-state index contributed by atoms with van der Waals surface area (Å²) in [6.07, 6.45) is 1.71. The van der Waals surface area contributed by atoms with Crippen LogP contribution < -0.4 is 16.0 Å². The number of rotatable bonds is 4. The van der Waals surface area contributed by atoms with Crippen LogP contribution in [-0.2, 0) is 0 Å². The smallest absolute Gasteiger partial charge is 0.229 e. The summed E-state index contributed by atoms with van der Waals surface area (Å²) < 4.78 is 0. The molecule has 0 bridgehead atoms. The van der Waals surface area contributed by atoms with Gasteiger partial charge < -0.3 is 16.0 Å². The average Bonchev–Trinajstić information content (AvgIpc) is 2.56. The Morgan fingerprint density at radius 1 is 1.12 bits per heavy atom. The van der Waals surface area contributed by atoms with Crippen molar-refractivity contribution in [2.75, 3.05) is 23.0 Å². The minimum absolute atomic E-state index is 0.482. The molecule has 5 nitrogen and oxygen atoms in total. The largest absolute Gasteiger partial charge is 0.397 e. The molecule has 0 spiro atoms. The van der Waals surface area contributed by atoms with Gasteiger partial charge in [-0.05, 0) is 48.9 Å². The monoisotopic (exact) mass is 339 g/mol. The molecule has 0 aliphatic rings. The molecule has 3 N–H and O–H groups in total. The van der Waals surface area contributed by atoms with Crippen molar-refractivity contribution in [3.63, 3.8) is 0 Å². The zero-order valence-electron chi connectivity index (χ0n) is 13.5. The summed E-state index contributed by atoms with van der Waals surface area (Å²) >= 11 is 6.15. The second-order valence-corrected chi connectivity index (χ2v) is 5.93. The summed E-state index contributed by atoms with van der Waals surface area (Å²) in [5.41, 5.74) is 9.42. The number of halogens is 1. The van der Waals surface area contributed by atoms with Gasteiger partial charge in [-0.15, -0.1) is 0 Å². The molecule has 0 saturated carbocycles. The first-order valence-electron chi connectivity index (χ1n) is 7.48. The van der Waals surface area contributed by atoms with Crippen molar-refractivity contribution in [2.24, 2.45) is 0 Å². The van der Waals surface area contributed by atoms with Crippen molar-refractivity contribution >= 4 is 40.4 Å². The normalized spacial score (nSPS) is 10.5. The first-order valence-corrected chi connectivity index (χ1v) is 7.86. The van der Waals surface area contributed by atoms with Gasteiger partial charge in [0.2, 0.25) is 5.95 Å². The fraction of sp³-hybridized carbons (Fsp3) is 0.111. The Morgan fingerprint density at radius 3 is 2.67 bits per heavy atom. The molecular formula is C18H18ClN5. The van der Waals surface area contributed by atoms with Gasteiger partial charge in [0.05, 0.1) is 11.4 Å².